The van der Waals surface area contributed by atoms with Crippen molar-refractivity contribution in [2.75, 3.05) is 6.54 Å². The van der Waals surface area contributed by atoms with Crippen LogP contribution in [0.1, 0.15) is 43.2 Å². The van der Waals surface area contributed by atoms with E-state index in [0.29, 0.717) is 5.92 Å². The minimum atomic E-state index is -1.28. The number of carboxylic acid groups (broad SMARTS) is 2. The van der Waals surface area contributed by atoms with Crippen LogP contribution in [0.2, 0.25) is 0 Å². The first-order valence-electron chi connectivity index (χ1n) is 10.8. The van der Waals surface area contributed by atoms with Gasteiger partial charge in [-0.15, -0.1) is 0 Å². The van der Waals surface area contributed by atoms with Crippen molar-refractivity contribution in [2.24, 2.45) is 17.8 Å². The van der Waals surface area contributed by atoms with Crippen LogP contribution in [0.3, 0.4) is 0 Å². The maximum atomic E-state index is 11.2. The Labute approximate surface area is 178 Å². The maximum Gasteiger partial charge on any atom is 0.317 e. The fraction of sp³-hybridized carbons (Fsp3) is 0.440. The number of aliphatic carboxylic acids is 2. The van der Waals surface area contributed by atoms with Crippen LogP contribution in [-0.4, -0.2) is 33.6 Å². The van der Waals surface area contributed by atoms with E-state index in [4.69, 9.17) is 10.2 Å². The zero-order valence-corrected chi connectivity index (χ0v) is 17.3. The van der Waals surface area contributed by atoms with Crippen LogP contribution in [0.5, 0.6) is 0 Å². The summed E-state index contributed by atoms with van der Waals surface area (Å²) in [5.41, 5.74) is 2.60. The Morgan fingerprint density at radius 1 is 0.767 bits per heavy atom. The molecule has 0 aromatic heterocycles. The molecule has 1 fully saturated rings. The first-order chi connectivity index (χ1) is 14.5. The number of rotatable bonds is 10. The summed E-state index contributed by atoms with van der Waals surface area (Å²) >= 11 is 0. The standard InChI is InChI=1S/C25H31NO4/c27-24(28)23(25(29)30)15-19-11-13-22(14-12-19)18-26(16-20-7-3-1-4-8-20)17-21-9-5-2-6-10-21/h1-10,19,22-23H,11-18H2,(H,27,28)(H,29,30). The summed E-state index contributed by atoms with van der Waals surface area (Å²) in [6.07, 6.45) is 4.11. The lowest BCUT2D eigenvalue weighted by Gasteiger charge is -2.33. The number of hydrogen-bond donors (Lipinski definition) is 2. The van der Waals surface area contributed by atoms with E-state index in [2.05, 4.69) is 53.4 Å². The van der Waals surface area contributed by atoms with Crippen molar-refractivity contribution >= 4 is 11.9 Å². The second-order valence-corrected chi connectivity index (χ2v) is 8.49. The van der Waals surface area contributed by atoms with E-state index >= 15 is 0 Å². The number of nitrogens with zero attached hydrogens (tertiary/aromatic N) is 1. The molecular formula is C25H31NO4. The zero-order chi connectivity index (χ0) is 21.3. The van der Waals surface area contributed by atoms with Gasteiger partial charge in [0.2, 0.25) is 0 Å². The molecule has 1 aliphatic rings. The van der Waals surface area contributed by atoms with Crippen molar-refractivity contribution in [2.45, 2.75) is 45.2 Å². The molecule has 0 aliphatic heterocycles. The lowest BCUT2D eigenvalue weighted by Crippen LogP contribution is -2.32. The summed E-state index contributed by atoms with van der Waals surface area (Å²) in [6, 6.07) is 21.0. The second-order valence-electron chi connectivity index (χ2n) is 8.49. The average Bonchev–Trinajstić information content (AvgIpc) is 2.74. The fourth-order valence-electron chi connectivity index (χ4n) is 4.52. The normalized spacial score (nSPS) is 19.1. The van der Waals surface area contributed by atoms with Crippen molar-refractivity contribution in [3.63, 3.8) is 0 Å². The molecule has 0 amide bonds. The molecule has 5 nitrogen and oxygen atoms in total. The molecule has 2 aromatic carbocycles. The molecule has 1 saturated carbocycles. The molecule has 0 unspecified atom stereocenters. The third kappa shape index (κ3) is 6.70. The molecule has 0 bridgehead atoms. The fourth-order valence-corrected chi connectivity index (χ4v) is 4.52. The van der Waals surface area contributed by atoms with Gasteiger partial charge in [0, 0.05) is 19.6 Å². The van der Waals surface area contributed by atoms with Crippen LogP contribution < -0.4 is 0 Å². The molecule has 0 spiro atoms. The third-order valence-electron chi connectivity index (χ3n) is 6.15. The van der Waals surface area contributed by atoms with Gasteiger partial charge < -0.3 is 10.2 Å². The van der Waals surface area contributed by atoms with E-state index in [9.17, 15) is 9.59 Å². The Hall–Kier alpha value is -2.66. The number of hydrogen-bond acceptors (Lipinski definition) is 3. The number of carbonyl (C=O) groups is 2. The summed E-state index contributed by atoms with van der Waals surface area (Å²) < 4.78 is 0. The lowest BCUT2D eigenvalue weighted by molar-refractivity contribution is -0.155. The number of benzene rings is 2. The van der Waals surface area contributed by atoms with Gasteiger partial charge in [-0.05, 0) is 42.2 Å². The Bertz CT molecular complexity index is 745. The Kier molecular flexibility index (Phi) is 8.03. The van der Waals surface area contributed by atoms with Crippen LogP contribution >= 0.6 is 0 Å². The van der Waals surface area contributed by atoms with Crippen LogP contribution in [-0.2, 0) is 22.7 Å². The smallest absolute Gasteiger partial charge is 0.317 e. The summed E-state index contributed by atoms with van der Waals surface area (Å²) in [5.74, 6) is -2.97. The van der Waals surface area contributed by atoms with Crippen LogP contribution in [0, 0.1) is 17.8 Å². The summed E-state index contributed by atoms with van der Waals surface area (Å²) in [4.78, 5) is 24.9. The predicted octanol–water partition coefficient (Wildman–Crippen LogP) is 4.67. The first kappa shape index (κ1) is 22.0. The minimum Gasteiger partial charge on any atom is -0.481 e. The molecule has 0 saturated heterocycles. The van der Waals surface area contributed by atoms with Gasteiger partial charge in [0.25, 0.3) is 0 Å². The molecule has 30 heavy (non-hydrogen) atoms. The Balaban J connectivity index is 1.57. The van der Waals surface area contributed by atoms with Gasteiger partial charge in [-0.25, -0.2) is 0 Å². The molecule has 0 heterocycles. The summed E-state index contributed by atoms with van der Waals surface area (Å²) in [6.45, 7) is 2.79. The van der Waals surface area contributed by atoms with E-state index < -0.39 is 17.9 Å². The van der Waals surface area contributed by atoms with Crippen molar-refractivity contribution in [1.29, 1.82) is 0 Å². The molecule has 1 aliphatic carbocycles. The largest absolute Gasteiger partial charge is 0.481 e. The van der Waals surface area contributed by atoms with E-state index in [1.54, 1.807) is 0 Å². The van der Waals surface area contributed by atoms with Gasteiger partial charge in [-0.3, -0.25) is 14.5 Å². The topological polar surface area (TPSA) is 77.8 Å². The van der Waals surface area contributed by atoms with Crippen LogP contribution in [0.25, 0.3) is 0 Å². The Morgan fingerprint density at radius 3 is 1.63 bits per heavy atom. The van der Waals surface area contributed by atoms with Gasteiger partial charge in [-0.1, -0.05) is 73.5 Å². The van der Waals surface area contributed by atoms with Crippen LogP contribution in [0.15, 0.2) is 60.7 Å². The third-order valence-corrected chi connectivity index (χ3v) is 6.15. The molecular weight excluding hydrogens is 378 g/mol. The highest BCUT2D eigenvalue weighted by Crippen LogP contribution is 2.34. The number of carboxylic acids is 2. The molecule has 5 heteroatoms. The zero-order valence-electron chi connectivity index (χ0n) is 17.3. The van der Waals surface area contributed by atoms with Gasteiger partial charge in [0.1, 0.15) is 0 Å². The monoisotopic (exact) mass is 409 g/mol. The van der Waals surface area contributed by atoms with Gasteiger partial charge in [0.15, 0.2) is 5.92 Å². The van der Waals surface area contributed by atoms with Crippen LogP contribution in [0.4, 0.5) is 0 Å². The summed E-state index contributed by atoms with van der Waals surface area (Å²) in [5, 5.41) is 18.3. The van der Waals surface area contributed by atoms with E-state index in [-0.39, 0.29) is 12.3 Å². The van der Waals surface area contributed by atoms with Crippen molar-refractivity contribution in [1.82, 2.24) is 4.90 Å². The first-order valence-corrected chi connectivity index (χ1v) is 10.8. The lowest BCUT2D eigenvalue weighted by atomic mass is 9.77. The molecule has 2 aromatic rings. The highest BCUT2D eigenvalue weighted by atomic mass is 16.4. The summed E-state index contributed by atoms with van der Waals surface area (Å²) in [7, 11) is 0. The van der Waals surface area contributed by atoms with Crippen molar-refractivity contribution in [3.05, 3.63) is 71.8 Å². The maximum absolute atomic E-state index is 11.2. The highest BCUT2D eigenvalue weighted by molar-refractivity contribution is 5.92. The second kappa shape index (κ2) is 10.9. The molecule has 0 atom stereocenters. The molecule has 160 valence electrons. The Morgan fingerprint density at radius 2 is 1.20 bits per heavy atom. The van der Waals surface area contributed by atoms with Crippen molar-refractivity contribution in [3.8, 4) is 0 Å². The quantitative estimate of drug-likeness (QED) is 0.558. The van der Waals surface area contributed by atoms with E-state index in [1.807, 2.05) is 12.1 Å². The average molecular weight is 410 g/mol. The van der Waals surface area contributed by atoms with Gasteiger partial charge in [0.05, 0.1) is 0 Å². The van der Waals surface area contributed by atoms with Gasteiger partial charge >= 0.3 is 11.9 Å². The predicted molar refractivity (Wildman–Crippen MR) is 116 cm³/mol. The highest BCUT2D eigenvalue weighted by Gasteiger charge is 2.31. The van der Waals surface area contributed by atoms with E-state index in [0.717, 1.165) is 45.3 Å². The minimum absolute atomic E-state index is 0.190. The SMILES string of the molecule is O=C(O)C(CC1CCC(CN(Cc2ccccc2)Cc2ccccc2)CC1)C(=O)O. The van der Waals surface area contributed by atoms with Gasteiger partial charge in [-0.2, -0.15) is 0 Å². The molecule has 3 rings (SSSR count). The molecule has 0 radical (unpaired) electrons. The van der Waals surface area contributed by atoms with Crippen molar-refractivity contribution < 1.29 is 19.8 Å². The molecule has 2 N–H and O–H groups in total. The van der Waals surface area contributed by atoms with E-state index in [1.165, 1.54) is 11.1 Å².